The first kappa shape index (κ1) is 16.1. The first-order valence-corrected chi connectivity index (χ1v) is 7.33. The van der Waals surface area contributed by atoms with Crippen LogP contribution in [0.5, 0.6) is 0 Å². The van der Waals surface area contributed by atoms with Crippen molar-refractivity contribution in [3.63, 3.8) is 0 Å². The van der Waals surface area contributed by atoms with E-state index in [0.717, 1.165) is 31.7 Å². The van der Waals surface area contributed by atoms with E-state index in [2.05, 4.69) is 5.16 Å². The van der Waals surface area contributed by atoms with Gasteiger partial charge in [-0.15, -0.1) is 0 Å². The number of oxime groups is 1. The fraction of sp³-hybridized carbons (Fsp3) is 0.533. The van der Waals surface area contributed by atoms with Crippen LogP contribution in [0.4, 0.5) is 13.2 Å². The average Bonchev–Trinajstić information content (AvgIpc) is 2.44. The summed E-state index contributed by atoms with van der Waals surface area (Å²) >= 11 is 5.80. The zero-order valence-corrected chi connectivity index (χ0v) is 12.5. The van der Waals surface area contributed by atoms with E-state index in [9.17, 15) is 13.2 Å². The van der Waals surface area contributed by atoms with Gasteiger partial charge in [-0.3, -0.25) is 0 Å². The molecule has 2 rings (SSSR count). The molecule has 0 N–H and O–H groups in total. The van der Waals surface area contributed by atoms with Gasteiger partial charge in [-0.1, -0.05) is 23.2 Å². The third kappa shape index (κ3) is 4.37. The molecule has 0 aliphatic heterocycles. The molecule has 1 aromatic rings. The van der Waals surface area contributed by atoms with Crippen LogP contribution in [-0.4, -0.2) is 11.8 Å². The van der Waals surface area contributed by atoms with Gasteiger partial charge in [0.1, 0.15) is 6.10 Å². The summed E-state index contributed by atoms with van der Waals surface area (Å²) in [6.45, 7) is 1.50. The van der Waals surface area contributed by atoms with E-state index in [1.54, 1.807) is 0 Å². The lowest BCUT2D eigenvalue weighted by atomic mass is 9.98. The van der Waals surface area contributed by atoms with E-state index in [0.29, 0.717) is 0 Å². The zero-order valence-electron chi connectivity index (χ0n) is 11.7. The van der Waals surface area contributed by atoms with Gasteiger partial charge >= 0.3 is 6.18 Å². The van der Waals surface area contributed by atoms with Crippen LogP contribution in [0, 0.1) is 0 Å². The molecule has 1 aromatic carbocycles. The summed E-state index contributed by atoms with van der Waals surface area (Å²) in [7, 11) is 0. The molecule has 0 amide bonds. The summed E-state index contributed by atoms with van der Waals surface area (Å²) in [5.74, 6) is 0. The van der Waals surface area contributed by atoms with Crippen molar-refractivity contribution in [3.05, 3.63) is 34.3 Å². The smallest absolute Gasteiger partial charge is 0.392 e. The summed E-state index contributed by atoms with van der Waals surface area (Å²) < 4.78 is 39.0. The van der Waals surface area contributed by atoms with Crippen molar-refractivity contribution in [2.24, 2.45) is 5.16 Å². The average molecular weight is 320 g/mol. The molecule has 1 aliphatic rings. The topological polar surface area (TPSA) is 21.6 Å². The van der Waals surface area contributed by atoms with Gasteiger partial charge in [-0.05, 0) is 50.8 Å². The van der Waals surface area contributed by atoms with Crippen molar-refractivity contribution < 1.29 is 18.0 Å². The molecule has 0 unspecified atom stereocenters. The van der Waals surface area contributed by atoms with Crippen LogP contribution < -0.4 is 0 Å². The lowest BCUT2D eigenvalue weighted by Gasteiger charge is -2.20. The highest BCUT2D eigenvalue weighted by Crippen LogP contribution is 2.33. The normalized spacial score (nSPS) is 17.9. The summed E-state index contributed by atoms with van der Waals surface area (Å²) in [5, 5.41) is 4.13. The summed E-state index contributed by atoms with van der Waals surface area (Å²) in [4.78, 5) is 5.38. The van der Waals surface area contributed by atoms with E-state index >= 15 is 0 Å². The van der Waals surface area contributed by atoms with Gasteiger partial charge in [-0.2, -0.15) is 13.2 Å². The van der Waals surface area contributed by atoms with Gasteiger partial charge < -0.3 is 4.84 Å². The SMILES string of the molecule is CC(=NOC1CCCCC1)c1cc(Cl)ccc1C(F)(F)F. The second-order valence-electron chi connectivity index (χ2n) is 5.23. The minimum atomic E-state index is -4.44. The van der Waals surface area contributed by atoms with E-state index in [-0.39, 0.29) is 22.4 Å². The van der Waals surface area contributed by atoms with Crippen LogP contribution in [0.1, 0.15) is 50.2 Å². The molecule has 6 heteroatoms. The Labute approximate surface area is 126 Å². The first-order valence-electron chi connectivity index (χ1n) is 6.95. The van der Waals surface area contributed by atoms with Crippen molar-refractivity contribution in [1.82, 2.24) is 0 Å². The quantitative estimate of drug-likeness (QED) is 0.537. The van der Waals surface area contributed by atoms with Gasteiger partial charge in [0.2, 0.25) is 0 Å². The molecule has 0 aromatic heterocycles. The summed E-state index contributed by atoms with van der Waals surface area (Å²) in [6, 6.07) is 3.47. The third-order valence-corrected chi connectivity index (χ3v) is 3.80. The molecule has 0 radical (unpaired) electrons. The lowest BCUT2D eigenvalue weighted by molar-refractivity contribution is -0.137. The van der Waals surface area contributed by atoms with Crippen LogP contribution in [0.2, 0.25) is 5.02 Å². The highest BCUT2D eigenvalue weighted by molar-refractivity contribution is 6.31. The van der Waals surface area contributed by atoms with Gasteiger partial charge in [-0.25, -0.2) is 0 Å². The molecule has 0 spiro atoms. The number of benzene rings is 1. The Hall–Kier alpha value is -1.23. The van der Waals surface area contributed by atoms with Crippen LogP contribution in [0.3, 0.4) is 0 Å². The standard InChI is InChI=1S/C15H17ClF3NO/c1-10(20-21-12-5-3-2-4-6-12)13-9-11(16)7-8-14(13)15(17,18)19/h7-9,12H,2-6H2,1H3. The molecule has 0 heterocycles. The van der Waals surface area contributed by atoms with E-state index < -0.39 is 11.7 Å². The van der Waals surface area contributed by atoms with Crippen molar-refractivity contribution >= 4 is 17.3 Å². The number of rotatable bonds is 3. The van der Waals surface area contributed by atoms with Gasteiger partial charge in [0, 0.05) is 10.6 Å². The molecular weight excluding hydrogens is 303 g/mol. The van der Waals surface area contributed by atoms with E-state index in [4.69, 9.17) is 16.4 Å². The molecular formula is C15H17ClF3NO. The van der Waals surface area contributed by atoms with Crippen molar-refractivity contribution in [2.45, 2.75) is 51.3 Å². The highest BCUT2D eigenvalue weighted by atomic mass is 35.5. The Kier molecular flexibility index (Phi) is 5.14. The Morgan fingerprint density at radius 3 is 2.52 bits per heavy atom. The highest BCUT2D eigenvalue weighted by Gasteiger charge is 2.34. The Morgan fingerprint density at radius 2 is 1.90 bits per heavy atom. The Bertz CT molecular complexity index is 522. The van der Waals surface area contributed by atoms with E-state index in [1.807, 2.05) is 0 Å². The van der Waals surface area contributed by atoms with Crippen LogP contribution in [-0.2, 0) is 11.0 Å². The van der Waals surface area contributed by atoms with Crippen molar-refractivity contribution in [1.29, 1.82) is 0 Å². The second kappa shape index (κ2) is 6.69. The van der Waals surface area contributed by atoms with Gasteiger partial charge in [0.05, 0.1) is 11.3 Å². The maximum atomic E-state index is 13.0. The Morgan fingerprint density at radius 1 is 1.24 bits per heavy atom. The molecule has 0 bridgehead atoms. The van der Waals surface area contributed by atoms with Crippen molar-refractivity contribution in [3.8, 4) is 0 Å². The fourth-order valence-corrected chi connectivity index (χ4v) is 2.61. The first-order chi connectivity index (χ1) is 9.88. The maximum Gasteiger partial charge on any atom is 0.417 e. The molecule has 0 saturated heterocycles. The number of nitrogens with zero attached hydrogens (tertiary/aromatic N) is 1. The second-order valence-corrected chi connectivity index (χ2v) is 5.67. The molecule has 21 heavy (non-hydrogen) atoms. The zero-order chi connectivity index (χ0) is 15.5. The molecule has 1 saturated carbocycles. The fourth-order valence-electron chi connectivity index (χ4n) is 2.44. The predicted octanol–water partition coefficient (Wildman–Crippen LogP) is 5.43. The number of hydrogen-bond donors (Lipinski definition) is 0. The summed E-state index contributed by atoms with van der Waals surface area (Å²) in [6.07, 6.45) is 0.685. The van der Waals surface area contributed by atoms with Crippen LogP contribution in [0.25, 0.3) is 0 Å². The minimum Gasteiger partial charge on any atom is -0.392 e. The molecule has 1 aliphatic carbocycles. The molecule has 0 atom stereocenters. The third-order valence-electron chi connectivity index (χ3n) is 3.57. The lowest BCUT2D eigenvalue weighted by Crippen LogP contribution is -2.16. The van der Waals surface area contributed by atoms with Gasteiger partial charge in [0.15, 0.2) is 0 Å². The largest absolute Gasteiger partial charge is 0.417 e. The maximum absolute atomic E-state index is 13.0. The van der Waals surface area contributed by atoms with Crippen LogP contribution in [0.15, 0.2) is 23.4 Å². The van der Waals surface area contributed by atoms with Gasteiger partial charge in [0.25, 0.3) is 0 Å². The van der Waals surface area contributed by atoms with Crippen molar-refractivity contribution in [2.75, 3.05) is 0 Å². The number of halogens is 4. The molecule has 116 valence electrons. The Balaban J connectivity index is 2.20. The van der Waals surface area contributed by atoms with Crippen LogP contribution >= 0.6 is 11.6 Å². The molecule has 1 fully saturated rings. The van der Waals surface area contributed by atoms with E-state index in [1.165, 1.54) is 25.5 Å². The number of hydrogen-bond acceptors (Lipinski definition) is 2. The summed E-state index contributed by atoms with van der Waals surface area (Å²) in [5.41, 5.74) is -0.596. The monoisotopic (exact) mass is 319 g/mol. The predicted molar refractivity (Wildman–Crippen MR) is 76.6 cm³/mol. The minimum absolute atomic E-state index is 0.00206. The number of alkyl halides is 3. The molecule has 2 nitrogen and oxygen atoms in total.